The maximum atomic E-state index is 11.9. The van der Waals surface area contributed by atoms with Gasteiger partial charge < -0.3 is 5.73 Å². The Labute approximate surface area is 109 Å². The van der Waals surface area contributed by atoms with Crippen molar-refractivity contribution >= 4 is 20.0 Å². The summed E-state index contributed by atoms with van der Waals surface area (Å²) in [7, 11) is -6.49. The summed E-state index contributed by atoms with van der Waals surface area (Å²) in [5.41, 5.74) is 5.32. The fourth-order valence-corrected chi connectivity index (χ4v) is 4.21. The Morgan fingerprint density at radius 3 is 1.89 bits per heavy atom. The zero-order valence-electron chi connectivity index (χ0n) is 10.6. The minimum Gasteiger partial charge on any atom is -0.330 e. The van der Waals surface area contributed by atoms with Gasteiger partial charge >= 0.3 is 0 Å². The van der Waals surface area contributed by atoms with Crippen LogP contribution in [0.4, 0.5) is 0 Å². The number of hydrogen-bond acceptors (Lipinski definition) is 5. The number of sulfonamides is 2. The maximum Gasteiger partial charge on any atom is 0.214 e. The lowest BCUT2D eigenvalue weighted by Crippen LogP contribution is -2.50. The summed E-state index contributed by atoms with van der Waals surface area (Å²) < 4.78 is 49.1. The van der Waals surface area contributed by atoms with Crippen LogP contribution < -0.4 is 5.73 Å². The minimum atomic E-state index is -3.27. The molecule has 0 aliphatic carbocycles. The zero-order chi connectivity index (χ0) is 13.8. The molecule has 2 N–H and O–H groups in total. The van der Waals surface area contributed by atoms with Crippen LogP contribution in [0.5, 0.6) is 0 Å². The van der Waals surface area contributed by atoms with Crippen molar-refractivity contribution in [3.8, 4) is 0 Å². The Kier molecular flexibility index (Phi) is 5.53. The third-order valence-electron chi connectivity index (χ3n) is 2.92. The molecule has 1 saturated heterocycles. The highest BCUT2D eigenvalue weighted by molar-refractivity contribution is 7.89. The molecule has 1 heterocycles. The molecule has 0 aromatic carbocycles. The molecule has 1 rings (SSSR count). The predicted molar refractivity (Wildman–Crippen MR) is 70.1 cm³/mol. The average Bonchev–Trinajstić information content (AvgIpc) is 2.28. The summed E-state index contributed by atoms with van der Waals surface area (Å²) in [5, 5.41) is 0. The standard InChI is InChI=1S/C9H21N3O4S2/c1-17(13,14)11-5-7-12(8-6-11)18(15,16)9-3-2-4-10/h2-10H2,1H3. The van der Waals surface area contributed by atoms with Gasteiger partial charge in [-0.1, -0.05) is 0 Å². The van der Waals surface area contributed by atoms with Crippen molar-refractivity contribution in [3.05, 3.63) is 0 Å². The lowest BCUT2D eigenvalue weighted by molar-refractivity contribution is 0.274. The maximum absolute atomic E-state index is 11.9. The van der Waals surface area contributed by atoms with Crippen molar-refractivity contribution in [2.75, 3.05) is 44.7 Å². The number of hydrogen-bond donors (Lipinski definition) is 1. The third-order valence-corrected chi connectivity index (χ3v) is 6.18. The van der Waals surface area contributed by atoms with Crippen LogP contribution in [0.1, 0.15) is 12.8 Å². The molecule has 0 spiro atoms. The summed E-state index contributed by atoms with van der Waals surface area (Å²) >= 11 is 0. The lowest BCUT2D eigenvalue weighted by atomic mass is 10.3. The molecule has 0 unspecified atom stereocenters. The van der Waals surface area contributed by atoms with Gasteiger partial charge in [-0.2, -0.15) is 8.61 Å². The van der Waals surface area contributed by atoms with Crippen LogP contribution in [0, 0.1) is 0 Å². The van der Waals surface area contributed by atoms with Gasteiger partial charge in [-0.25, -0.2) is 16.8 Å². The number of rotatable bonds is 6. The lowest BCUT2D eigenvalue weighted by Gasteiger charge is -2.32. The van der Waals surface area contributed by atoms with Crippen molar-refractivity contribution in [1.82, 2.24) is 8.61 Å². The normalized spacial score (nSPS) is 20.1. The highest BCUT2D eigenvalue weighted by Gasteiger charge is 2.29. The average molecular weight is 299 g/mol. The third kappa shape index (κ3) is 4.47. The largest absolute Gasteiger partial charge is 0.330 e. The van der Waals surface area contributed by atoms with Gasteiger partial charge in [0.1, 0.15) is 0 Å². The molecule has 0 amide bonds. The van der Waals surface area contributed by atoms with E-state index in [1.165, 1.54) is 8.61 Å². The van der Waals surface area contributed by atoms with Gasteiger partial charge in [-0.05, 0) is 19.4 Å². The van der Waals surface area contributed by atoms with Gasteiger partial charge in [-0.3, -0.25) is 0 Å². The van der Waals surface area contributed by atoms with E-state index in [1.807, 2.05) is 0 Å². The van der Waals surface area contributed by atoms with E-state index < -0.39 is 20.0 Å². The Morgan fingerprint density at radius 2 is 1.44 bits per heavy atom. The molecule has 0 aromatic rings. The highest BCUT2D eigenvalue weighted by atomic mass is 32.2. The van der Waals surface area contributed by atoms with Crippen LogP contribution in [0.3, 0.4) is 0 Å². The predicted octanol–water partition coefficient (Wildman–Crippen LogP) is -1.37. The molecule has 1 fully saturated rings. The van der Waals surface area contributed by atoms with Crippen LogP contribution in [-0.4, -0.2) is 70.2 Å². The van der Waals surface area contributed by atoms with Crippen LogP contribution in [-0.2, 0) is 20.0 Å². The van der Waals surface area contributed by atoms with E-state index in [4.69, 9.17) is 5.73 Å². The first-order valence-corrected chi connectivity index (χ1v) is 9.36. The van der Waals surface area contributed by atoms with Gasteiger partial charge in [0.25, 0.3) is 0 Å². The number of piperazine rings is 1. The van der Waals surface area contributed by atoms with Gasteiger partial charge in [-0.15, -0.1) is 0 Å². The van der Waals surface area contributed by atoms with Crippen molar-refractivity contribution in [1.29, 1.82) is 0 Å². The second-order valence-electron chi connectivity index (χ2n) is 4.37. The number of nitrogens with zero attached hydrogens (tertiary/aromatic N) is 2. The van der Waals surface area contributed by atoms with E-state index >= 15 is 0 Å². The molecule has 0 radical (unpaired) electrons. The van der Waals surface area contributed by atoms with E-state index in [0.717, 1.165) is 6.26 Å². The van der Waals surface area contributed by atoms with Crippen molar-refractivity contribution in [2.45, 2.75) is 12.8 Å². The monoisotopic (exact) mass is 299 g/mol. The second kappa shape index (κ2) is 6.29. The molecule has 0 bridgehead atoms. The Balaban J connectivity index is 2.52. The number of unbranched alkanes of at least 4 members (excludes halogenated alkanes) is 1. The molecule has 0 aromatic heterocycles. The van der Waals surface area contributed by atoms with Crippen molar-refractivity contribution in [3.63, 3.8) is 0 Å². The number of nitrogens with two attached hydrogens (primary N) is 1. The molecule has 9 heteroatoms. The van der Waals surface area contributed by atoms with Gasteiger partial charge in [0.05, 0.1) is 12.0 Å². The van der Waals surface area contributed by atoms with Crippen LogP contribution >= 0.6 is 0 Å². The van der Waals surface area contributed by atoms with E-state index in [0.29, 0.717) is 19.4 Å². The molecule has 0 atom stereocenters. The first-order chi connectivity index (χ1) is 8.27. The summed E-state index contributed by atoms with van der Waals surface area (Å²) in [6.07, 6.45) is 2.37. The van der Waals surface area contributed by atoms with Gasteiger partial charge in [0, 0.05) is 26.2 Å². The van der Waals surface area contributed by atoms with Crippen molar-refractivity contribution < 1.29 is 16.8 Å². The fraction of sp³-hybridized carbons (Fsp3) is 1.00. The van der Waals surface area contributed by atoms with E-state index in [9.17, 15) is 16.8 Å². The SMILES string of the molecule is CS(=O)(=O)N1CCN(S(=O)(=O)CCCCN)CC1. The van der Waals surface area contributed by atoms with E-state index in [1.54, 1.807) is 0 Å². The van der Waals surface area contributed by atoms with E-state index in [-0.39, 0.29) is 31.9 Å². The summed E-state index contributed by atoms with van der Waals surface area (Å²) in [5.74, 6) is 0.0864. The molecule has 1 aliphatic rings. The molecule has 108 valence electrons. The summed E-state index contributed by atoms with van der Waals surface area (Å²) in [4.78, 5) is 0. The topological polar surface area (TPSA) is 101 Å². The van der Waals surface area contributed by atoms with Crippen LogP contribution in [0.25, 0.3) is 0 Å². The smallest absolute Gasteiger partial charge is 0.214 e. The highest BCUT2D eigenvalue weighted by Crippen LogP contribution is 2.11. The molecule has 1 aliphatic heterocycles. The first kappa shape index (κ1) is 15.8. The Bertz CT molecular complexity index is 452. The molecule has 18 heavy (non-hydrogen) atoms. The molecular formula is C9H21N3O4S2. The fourth-order valence-electron chi connectivity index (χ4n) is 1.84. The second-order valence-corrected chi connectivity index (χ2v) is 8.44. The van der Waals surface area contributed by atoms with Crippen LogP contribution in [0.15, 0.2) is 0 Å². The zero-order valence-corrected chi connectivity index (χ0v) is 12.2. The Hall–Kier alpha value is -0.220. The quantitative estimate of drug-likeness (QED) is 0.610. The Morgan fingerprint density at radius 1 is 0.944 bits per heavy atom. The van der Waals surface area contributed by atoms with Crippen molar-refractivity contribution in [2.24, 2.45) is 5.73 Å². The van der Waals surface area contributed by atoms with Crippen LogP contribution in [0.2, 0.25) is 0 Å². The minimum absolute atomic E-state index is 0.0864. The summed E-state index contributed by atoms with van der Waals surface area (Å²) in [6, 6.07) is 0. The van der Waals surface area contributed by atoms with E-state index in [2.05, 4.69) is 0 Å². The van der Waals surface area contributed by atoms with Gasteiger partial charge in [0.15, 0.2) is 0 Å². The molecule has 0 saturated carbocycles. The van der Waals surface area contributed by atoms with Gasteiger partial charge in [0.2, 0.25) is 20.0 Å². The molecular weight excluding hydrogens is 278 g/mol. The molecule has 7 nitrogen and oxygen atoms in total. The first-order valence-electron chi connectivity index (χ1n) is 5.90. The summed E-state index contributed by atoms with van der Waals surface area (Å²) in [6.45, 7) is 1.41.